The maximum absolute atomic E-state index is 11.8. The lowest BCUT2D eigenvalue weighted by Crippen LogP contribution is -2.75. The number of methoxy groups -OCH3 is 1. The second-order valence-electron chi connectivity index (χ2n) is 4.55. The van der Waals surface area contributed by atoms with Crippen molar-refractivity contribution in [3.05, 3.63) is 64.7 Å². The highest BCUT2D eigenvalue weighted by molar-refractivity contribution is 6.30. The number of benzene rings is 2. The minimum absolute atomic E-state index is 0.323. The Balaban J connectivity index is 1.94. The fraction of sp³-hybridized carbons (Fsp3) is 0.125. The van der Waals surface area contributed by atoms with Crippen molar-refractivity contribution in [3.8, 4) is 5.75 Å². The molecule has 0 unspecified atom stereocenters. The van der Waals surface area contributed by atoms with E-state index in [1.807, 2.05) is 12.1 Å². The van der Waals surface area contributed by atoms with Gasteiger partial charge in [0, 0.05) is 5.02 Å². The third-order valence-corrected chi connectivity index (χ3v) is 3.16. The number of hydrogen-bond acceptors (Lipinski definition) is 3. The molecule has 6 heteroatoms. The Kier molecular flexibility index (Phi) is 5.38. The summed E-state index contributed by atoms with van der Waals surface area (Å²) in [6.07, 6.45) is 0.424. The Labute approximate surface area is 133 Å². The molecular weight excluding hydrogens is 304 g/mol. The first-order valence-corrected chi connectivity index (χ1v) is 6.93. The van der Waals surface area contributed by atoms with E-state index in [4.69, 9.17) is 26.9 Å². The summed E-state index contributed by atoms with van der Waals surface area (Å²) in [6.45, 7) is 0. The van der Waals surface area contributed by atoms with Gasteiger partial charge >= 0.3 is 5.97 Å². The fourth-order valence-corrected chi connectivity index (χ4v) is 1.88. The first-order chi connectivity index (χ1) is 10.6. The molecule has 2 aromatic carbocycles. The topological polar surface area (TPSA) is 75.5 Å². The highest BCUT2D eigenvalue weighted by Crippen LogP contribution is 2.11. The number of nitrogens with one attached hydrogen (secondary N) is 1. The number of halogens is 1. The number of hydrogen-bond donors (Lipinski definition) is 2. The molecule has 0 amide bonds. The van der Waals surface area contributed by atoms with Crippen LogP contribution < -0.4 is 15.6 Å². The summed E-state index contributed by atoms with van der Waals surface area (Å²) in [7, 11) is 1.56. The van der Waals surface area contributed by atoms with Gasteiger partial charge in [0.25, 0.3) is 5.84 Å². The minimum Gasteiger partial charge on any atom is -0.497 e. The van der Waals surface area contributed by atoms with Crippen LogP contribution in [0.5, 0.6) is 5.75 Å². The molecule has 0 aliphatic carbocycles. The number of carbonyl (C=O) groups is 1. The average Bonchev–Trinajstić information content (AvgIpc) is 2.55. The largest absolute Gasteiger partial charge is 0.497 e. The summed E-state index contributed by atoms with van der Waals surface area (Å²) >= 11 is 5.81. The van der Waals surface area contributed by atoms with E-state index in [1.54, 1.807) is 43.5 Å². The zero-order chi connectivity index (χ0) is 15.9. The molecule has 0 fully saturated rings. The molecule has 22 heavy (non-hydrogen) atoms. The zero-order valence-electron chi connectivity index (χ0n) is 12.0. The standard InChI is InChI=1S/C16H15ClN2O3/c1-21-14-8-4-12(5-9-14)16(20)22-19-15(18)10-11-2-6-13(17)7-3-11/h2-9H,10H2,1H3,(H2,18,19)/p+1. The number of amidine groups is 1. The van der Waals surface area contributed by atoms with Gasteiger partial charge in [-0.15, -0.1) is 0 Å². The molecule has 2 rings (SSSR count). The van der Waals surface area contributed by atoms with Crippen molar-refractivity contribution >= 4 is 23.4 Å². The Morgan fingerprint density at radius 2 is 1.77 bits per heavy atom. The van der Waals surface area contributed by atoms with E-state index < -0.39 is 5.97 Å². The quantitative estimate of drug-likeness (QED) is 0.374. The van der Waals surface area contributed by atoms with Gasteiger partial charge in [0.2, 0.25) is 0 Å². The molecule has 0 aliphatic rings. The van der Waals surface area contributed by atoms with Crippen LogP contribution in [0.2, 0.25) is 5.02 Å². The van der Waals surface area contributed by atoms with Gasteiger partial charge in [0.15, 0.2) is 0 Å². The third-order valence-electron chi connectivity index (χ3n) is 2.91. The van der Waals surface area contributed by atoms with Gasteiger partial charge in [-0.1, -0.05) is 28.9 Å². The Hall–Kier alpha value is -2.53. The van der Waals surface area contributed by atoms with E-state index in [0.717, 1.165) is 5.56 Å². The molecule has 0 bridgehead atoms. The van der Waals surface area contributed by atoms with Gasteiger partial charge in [-0.2, -0.15) is 0 Å². The average molecular weight is 320 g/mol. The van der Waals surface area contributed by atoms with Crippen molar-refractivity contribution in [1.82, 2.24) is 0 Å². The van der Waals surface area contributed by atoms with Gasteiger partial charge in [-0.3, -0.25) is 10.6 Å². The third kappa shape index (κ3) is 4.49. The van der Waals surface area contributed by atoms with Crippen LogP contribution in [0.25, 0.3) is 0 Å². The summed E-state index contributed by atoms with van der Waals surface area (Å²) in [6, 6.07) is 13.8. The molecular formula is C16H16ClN2O3+. The van der Waals surface area contributed by atoms with Crippen molar-refractivity contribution in [1.29, 1.82) is 0 Å². The second kappa shape index (κ2) is 7.47. The zero-order valence-corrected chi connectivity index (χ0v) is 12.8. The van der Waals surface area contributed by atoms with Gasteiger partial charge in [0.1, 0.15) is 5.75 Å². The van der Waals surface area contributed by atoms with Gasteiger partial charge < -0.3 is 4.74 Å². The van der Waals surface area contributed by atoms with E-state index in [2.05, 4.69) is 5.16 Å². The van der Waals surface area contributed by atoms with Crippen LogP contribution in [-0.4, -0.2) is 18.9 Å². The Morgan fingerprint density at radius 3 is 2.36 bits per heavy atom. The number of nitrogens with two attached hydrogens (primary N) is 1. The van der Waals surface area contributed by atoms with Crippen molar-refractivity contribution in [3.63, 3.8) is 0 Å². The fourth-order valence-electron chi connectivity index (χ4n) is 1.76. The molecule has 3 N–H and O–H groups in total. The van der Waals surface area contributed by atoms with E-state index in [1.165, 1.54) is 0 Å². The highest BCUT2D eigenvalue weighted by Gasteiger charge is 2.10. The normalized spacial score (nSPS) is 11.1. The minimum atomic E-state index is -0.526. The molecule has 0 aliphatic heterocycles. The summed E-state index contributed by atoms with van der Waals surface area (Å²) in [4.78, 5) is 16.8. The van der Waals surface area contributed by atoms with Crippen molar-refractivity contribution in [2.45, 2.75) is 6.42 Å². The van der Waals surface area contributed by atoms with Crippen LogP contribution in [0.3, 0.4) is 0 Å². The summed E-state index contributed by atoms with van der Waals surface area (Å²) in [5.74, 6) is 0.462. The smallest absolute Gasteiger partial charge is 0.387 e. The van der Waals surface area contributed by atoms with E-state index in [0.29, 0.717) is 28.6 Å². The monoisotopic (exact) mass is 319 g/mol. The van der Waals surface area contributed by atoms with Crippen molar-refractivity contribution < 1.29 is 19.5 Å². The lowest BCUT2D eigenvalue weighted by Gasteiger charge is -2.01. The molecule has 0 radical (unpaired) electrons. The first-order valence-electron chi connectivity index (χ1n) is 6.55. The lowest BCUT2D eigenvalue weighted by molar-refractivity contribution is -0.722. The Morgan fingerprint density at radius 1 is 1.14 bits per heavy atom. The number of rotatable bonds is 5. The van der Waals surface area contributed by atoms with Crippen LogP contribution in [0.1, 0.15) is 15.9 Å². The molecule has 0 aromatic heterocycles. The van der Waals surface area contributed by atoms with Crippen LogP contribution in [-0.2, 0) is 11.3 Å². The van der Waals surface area contributed by atoms with Crippen LogP contribution in [0.4, 0.5) is 0 Å². The molecule has 0 saturated heterocycles. The van der Waals surface area contributed by atoms with E-state index >= 15 is 0 Å². The van der Waals surface area contributed by atoms with Crippen LogP contribution in [0, 0.1) is 0 Å². The second-order valence-corrected chi connectivity index (χ2v) is 4.99. The lowest BCUT2D eigenvalue weighted by atomic mass is 10.1. The van der Waals surface area contributed by atoms with Crippen LogP contribution in [0.15, 0.2) is 48.5 Å². The summed E-state index contributed by atoms with van der Waals surface area (Å²) in [5, 5.41) is 3.11. The van der Waals surface area contributed by atoms with Crippen LogP contribution >= 0.6 is 11.6 Å². The Bertz CT molecular complexity index is 667. The summed E-state index contributed by atoms with van der Waals surface area (Å²) in [5.41, 5.74) is 7.14. The molecule has 114 valence electrons. The van der Waals surface area contributed by atoms with Gasteiger partial charge in [-0.25, -0.2) is 4.79 Å². The predicted molar refractivity (Wildman–Crippen MR) is 83.7 cm³/mol. The maximum Gasteiger partial charge on any atom is 0.387 e. The number of ether oxygens (including phenoxy) is 1. The van der Waals surface area contributed by atoms with Gasteiger partial charge in [-0.05, 0) is 42.0 Å². The van der Waals surface area contributed by atoms with Crippen molar-refractivity contribution in [2.24, 2.45) is 5.73 Å². The summed E-state index contributed by atoms with van der Waals surface area (Å²) < 4.78 is 5.02. The molecule has 5 nitrogen and oxygen atoms in total. The predicted octanol–water partition coefficient (Wildman–Crippen LogP) is 1.10. The molecule has 0 heterocycles. The van der Waals surface area contributed by atoms with Crippen molar-refractivity contribution in [2.75, 3.05) is 7.11 Å². The SMILES string of the molecule is COc1ccc(C(=O)O[NH+]=C(N)Cc2ccc(Cl)cc2)cc1. The van der Waals surface area contributed by atoms with Gasteiger partial charge in [0.05, 0.1) is 19.1 Å². The maximum atomic E-state index is 11.8. The molecule has 0 spiro atoms. The van der Waals surface area contributed by atoms with E-state index in [-0.39, 0.29) is 0 Å². The highest BCUT2D eigenvalue weighted by atomic mass is 35.5. The molecule has 2 aromatic rings. The van der Waals surface area contributed by atoms with E-state index in [9.17, 15) is 4.79 Å². The molecule has 0 atom stereocenters. The first kappa shape index (κ1) is 15.9. The molecule has 0 saturated carbocycles. The number of carbonyl (C=O) groups excluding carboxylic acids is 1.